The molecule has 0 radical (unpaired) electrons. The first-order valence-electron chi connectivity index (χ1n) is 7.00. The first-order chi connectivity index (χ1) is 8.97. The predicted molar refractivity (Wildman–Crippen MR) is 78.0 cm³/mol. The SMILES string of the molecule is Cc1cc(C)cc(CN2CCCC2C(=O)N(C)C)c1. The third-order valence-electron chi connectivity index (χ3n) is 3.76. The molecule has 1 heterocycles. The summed E-state index contributed by atoms with van der Waals surface area (Å²) in [5, 5.41) is 0. The van der Waals surface area contributed by atoms with Crippen LogP contribution in [-0.4, -0.2) is 42.4 Å². The van der Waals surface area contributed by atoms with Gasteiger partial charge in [0.1, 0.15) is 0 Å². The molecule has 104 valence electrons. The summed E-state index contributed by atoms with van der Waals surface area (Å²) in [6.45, 7) is 6.16. The quantitative estimate of drug-likeness (QED) is 0.833. The van der Waals surface area contributed by atoms with E-state index in [2.05, 4.69) is 36.9 Å². The Kier molecular flexibility index (Phi) is 4.25. The lowest BCUT2D eigenvalue weighted by molar-refractivity contribution is -0.133. The molecule has 0 spiro atoms. The molecule has 0 N–H and O–H groups in total. The number of likely N-dealkylation sites (N-methyl/N-ethyl adjacent to an activating group) is 1. The lowest BCUT2D eigenvalue weighted by Crippen LogP contribution is -2.42. The van der Waals surface area contributed by atoms with Gasteiger partial charge in [-0.15, -0.1) is 0 Å². The standard InChI is InChI=1S/C16H24N2O/c1-12-8-13(2)10-14(9-12)11-18-7-5-6-15(18)16(19)17(3)4/h8-10,15H,5-7,11H2,1-4H3. The van der Waals surface area contributed by atoms with E-state index in [-0.39, 0.29) is 11.9 Å². The zero-order valence-corrected chi connectivity index (χ0v) is 12.4. The molecule has 0 bridgehead atoms. The molecule has 2 rings (SSSR count). The van der Waals surface area contributed by atoms with Gasteiger partial charge >= 0.3 is 0 Å². The van der Waals surface area contributed by atoms with Crippen LogP contribution in [0, 0.1) is 13.8 Å². The van der Waals surface area contributed by atoms with Crippen molar-refractivity contribution >= 4 is 5.91 Å². The van der Waals surface area contributed by atoms with Gasteiger partial charge in [0, 0.05) is 20.6 Å². The van der Waals surface area contributed by atoms with Crippen molar-refractivity contribution in [3.8, 4) is 0 Å². The number of hydrogen-bond donors (Lipinski definition) is 0. The Bertz CT molecular complexity index is 448. The highest BCUT2D eigenvalue weighted by Gasteiger charge is 2.31. The Morgan fingerprint density at radius 2 is 1.89 bits per heavy atom. The molecule has 0 aromatic heterocycles. The highest BCUT2D eigenvalue weighted by atomic mass is 16.2. The summed E-state index contributed by atoms with van der Waals surface area (Å²) >= 11 is 0. The maximum absolute atomic E-state index is 12.2. The van der Waals surface area contributed by atoms with Gasteiger partial charge in [-0.3, -0.25) is 9.69 Å². The molecule has 1 fully saturated rings. The molecule has 1 amide bonds. The second kappa shape index (κ2) is 5.74. The molecular weight excluding hydrogens is 236 g/mol. The van der Waals surface area contributed by atoms with Crippen LogP contribution in [0.25, 0.3) is 0 Å². The van der Waals surface area contributed by atoms with E-state index in [0.29, 0.717) is 0 Å². The monoisotopic (exact) mass is 260 g/mol. The maximum Gasteiger partial charge on any atom is 0.239 e. The molecule has 0 aliphatic carbocycles. The van der Waals surface area contributed by atoms with Crippen LogP contribution in [0.1, 0.15) is 29.5 Å². The van der Waals surface area contributed by atoms with Gasteiger partial charge in [-0.1, -0.05) is 29.3 Å². The second-order valence-corrected chi connectivity index (χ2v) is 5.86. The summed E-state index contributed by atoms with van der Waals surface area (Å²) < 4.78 is 0. The number of carbonyl (C=O) groups excluding carboxylic acids is 1. The van der Waals surface area contributed by atoms with Crippen LogP contribution in [0.2, 0.25) is 0 Å². The number of aryl methyl sites for hydroxylation is 2. The van der Waals surface area contributed by atoms with Crippen LogP contribution in [0.3, 0.4) is 0 Å². The number of benzene rings is 1. The molecule has 1 aromatic rings. The van der Waals surface area contributed by atoms with Crippen LogP contribution in [0.5, 0.6) is 0 Å². The zero-order valence-electron chi connectivity index (χ0n) is 12.4. The van der Waals surface area contributed by atoms with Gasteiger partial charge in [0.15, 0.2) is 0 Å². The Hall–Kier alpha value is -1.35. The third kappa shape index (κ3) is 3.35. The molecule has 1 atom stereocenters. The van der Waals surface area contributed by atoms with Crippen molar-refractivity contribution in [2.45, 2.75) is 39.3 Å². The zero-order chi connectivity index (χ0) is 14.0. The van der Waals surface area contributed by atoms with Crippen molar-refractivity contribution in [3.05, 3.63) is 34.9 Å². The van der Waals surface area contributed by atoms with Crippen LogP contribution in [0.15, 0.2) is 18.2 Å². The number of nitrogens with zero attached hydrogens (tertiary/aromatic N) is 2. The van der Waals surface area contributed by atoms with E-state index in [0.717, 1.165) is 25.9 Å². The first-order valence-corrected chi connectivity index (χ1v) is 7.00. The van der Waals surface area contributed by atoms with E-state index in [9.17, 15) is 4.79 Å². The lowest BCUT2D eigenvalue weighted by atomic mass is 10.1. The molecule has 1 aliphatic heterocycles. The second-order valence-electron chi connectivity index (χ2n) is 5.86. The number of rotatable bonds is 3. The Morgan fingerprint density at radius 3 is 2.47 bits per heavy atom. The van der Waals surface area contributed by atoms with Gasteiger partial charge in [0.05, 0.1) is 6.04 Å². The van der Waals surface area contributed by atoms with Crippen LogP contribution in [0.4, 0.5) is 0 Å². The fraction of sp³-hybridized carbons (Fsp3) is 0.562. The van der Waals surface area contributed by atoms with Crippen LogP contribution < -0.4 is 0 Å². The molecule has 0 saturated carbocycles. The summed E-state index contributed by atoms with van der Waals surface area (Å²) in [7, 11) is 3.69. The number of hydrogen-bond acceptors (Lipinski definition) is 2. The van der Waals surface area contributed by atoms with Gasteiger partial charge < -0.3 is 4.90 Å². The Morgan fingerprint density at radius 1 is 1.26 bits per heavy atom. The topological polar surface area (TPSA) is 23.6 Å². The van der Waals surface area contributed by atoms with Crippen molar-refractivity contribution in [2.24, 2.45) is 0 Å². The Balaban J connectivity index is 2.11. The summed E-state index contributed by atoms with van der Waals surface area (Å²) in [6, 6.07) is 6.71. The maximum atomic E-state index is 12.2. The smallest absolute Gasteiger partial charge is 0.239 e. The van der Waals surface area contributed by atoms with Crippen molar-refractivity contribution in [3.63, 3.8) is 0 Å². The fourth-order valence-electron chi connectivity index (χ4n) is 2.99. The minimum atomic E-state index is 0.0656. The highest BCUT2D eigenvalue weighted by molar-refractivity contribution is 5.81. The molecule has 1 aliphatic rings. The molecule has 1 unspecified atom stereocenters. The number of carbonyl (C=O) groups is 1. The summed E-state index contributed by atoms with van der Waals surface area (Å²) in [6.07, 6.45) is 2.11. The highest BCUT2D eigenvalue weighted by Crippen LogP contribution is 2.22. The Labute approximate surface area is 116 Å². The van der Waals surface area contributed by atoms with E-state index in [1.165, 1.54) is 16.7 Å². The molecule has 1 saturated heterocycles. The van der Waals surface area contributed by atoms with Crippen LogP contribution >= 0.6 is 0 Å². The molecule has 3 heteroatoms. The summed E-state index contributed by atoms with van der Waals surface area (Å²) in [5.74, 6) is 0.238. The lowest BCUT2D eigenvalue weighted by Gasteiger charge is -2.26. The van der Waals surface area contributed by atoms with E-state index in [1.54, 1.807) is 4.90 Å². The van der Waals surface area contributed by atoms with E-state index >= 15 is 0 Å². The van der Waals surface area contributed by atoms with Crippen molar-refractivity contribution in [1.29, 1.82) is 0 Å². The molecule has 3 nitrogen and oxygen atoms in total. The van der Waals surface area contributed by atoms with E-state index in [4.69, 9.17) is 0 Å². The minimum absolute atomic E-state index is 0.0656. The van der Waals surface area contributed by atoms with Gasteiger partial charge in [-0.2, -0.15) is 0 Å². The number of amides is 1. The summed E-state index contributed by atoms with van der Waals surface area (Å²) in [5.41, 5.74) is 3.91. The van der Waals surface area contributed by atoms with Crippen molar-refractivity contribution in [2.75, 3.05) is 20.6 Å². The average Bonchev–Trinajstić information content (AvgIpc) is 2.74. The minimum Gasteiger partial charge on any atom is -0.347 e. The molecule has 1 aromatic carbocycles. The van der Waals surface area contributed by atoms with Crippen molar-refractivity contribution < 1.29 is 4.79 Å². The third-order valence-corrected chi connectivity index (χ3v) is 3.76. The van der Waals surface area contributed by atoms with E-state index in [1.807, 2.05) is 14.1 Å². The van der Waals surface area contributed by atoms with Crippen molar-refractivity contribution in [1.82, 2.24) is 9.80 Å². The molecular formula is C16H24N2O. The largest absolute Gasteiger partial charge is 0.347 e. The molecule has 19 heavy (non-hydrogen) atoms. The van der Waals surface area contributed by atoms with Gasteiger partial charge in [0.25, 0.3) is 0 Å². The van der Waals surface area contributed by atoms with Crippen LogP contribution in [-0.2, 0) is 11.3 Å². The summed E-state index contributed by atoms with van der Waals surface area (Å²) in [4.78, 5) is 16.2. The average molecular weight is 260 g/mol. The van der Waals surface area contributed by atoms with E-state index < -0.39 is 0 Å². The first kappa shape index (κ1) is 14.1. The van der Waals surface area contributed by atoms with Gasteiger partial charge in [-0.05, 0) is 38.8 Å². The normalized spacial score (nSPS) is 19.7. The predicted octanol–water partition coefficient (Wildman–Crippen LogP) is 2.36. The van der Waals surface area contributed by atoms with Gasteiger partial charge in [-0.25, -0.2) is 0 Å². The van der Waals surface area contributed by atoms with Gasteiger partial charge in [0.2, 0.25) is 5.91 Å². The fourth-order valence-corrected chi connectivity index (χ4v) is 2.99. The number of likely N-dealkylation sites (tertiary alicyclic amines) is 1.